The van der Waals surface area contributed by atoms with Gasteiger partial charge in [0.25, 0.3) is 0 Å². The first-order valence-electron chi connectivity index (χ1n) is 2.76. The number of allylic oxidation sites excluding steroid dienone is 3. The van der Waals surface area contributed by atoms with Gasteiger partial charge in [-0.05, 0) is 18.9 Å². The van der Waals surface area contributed by atoms with Crippen molar-refractivity contribution in [2.24, 2.45) is 5.11 Å². The predicted molar refractivity (Wildman–Crippen MR) is 35.6 cm³/mol. The highest BCUT2D eigenvalue weighted by Gasteiger charge is 1.99. The fraction of sp³-hybridized carbons (Fsp3) is 0.333. The average Bonchev–Trinajstić information content (AvgIpc) is 2.18. The second kappa shape index (κ2) is 2.37. The van der Waals surface area contributed by atoms with Gasteiger partial charge in [0.1, 0.15) is 0 Å². The van der Waals surface area contributed by atoms with Gasteiger partial charge in [0.05, 0.1) is 0 Å². The van der Waals surface area contributed by atoms with Crippen LogP contribution >= 0.6 is 0 Å². The number of rotatable bonds is 1. The Hall–Kier alpha value is -1.21. The number of hydrogen-bond acceptors (Lipinski definition) is 1. The van der Waals surface area contributed by atoms with Crippen LogP contribution in [0.15, 0.2) is 28.5 Å². The molecule has 3 nitrogen and oxygen atoms in total. The largest absolute Gasteiger partial charge is 0.0800 e. The summed E-state index contributed by atoms with van der Waals surface area (Å²) in [6, 6.07) is 0. The zero-order valence-electron chi connectivity index (χ0n) is 5.20. The van der Waals surface area contributed by atoms with E-state index < -0.39 is 0 Å². The topological polar surface area (TPSA) is 48.8 Å². The molecule has 0 aromatic carbocycles. The van der Waals surface area contributed by atoms with E-state index in [-0.39, 0.29) is 0 Å². The SMILES string of the molecule is CC1=C(N=[N+]=[N-])C=CC1. The third-order valence-corrected chi connectivity index (χ3v) is 1.29. The van der Waals surface area contributed by atoms with Crippen molar-refractivity contribution in [2.45, 2.75) is 13.3 Å². The predicted octanol–water partition coefficient (Wildman–Crippen LogP) is 2.53. The maximum absolute atomic E-state index is 8.03. The molecule has 3 heteroatoms. The van der Waals surface area contributed by atoms with Crippen LogP contribution in [-0.4, -0.2) is 0 Å². The van der Waals surface area contributed by atoms with Crippen LogP contribution < -0.4 is 0 Å². The van der Waals surface area contributed by atoms with Crippen molar-refractivity contribution in [1.29, 1.82) is 0 Å². The molecule has 0 saturated carbocycles. The number of nitrogens with zero attached hydrogens (tertiary/aromatic N) is 3. The molecule has 0 aromatic heterocycles. The molecule has 1 aliphatic carbocycles. The summed E-state index contributed by atoms with van der Waals surface area (Å²) < 4.78 is 0. The van der Waals surface area contributed by atoms with E-state index in [1.807, 2.05) is 19.1 Å². The standard InChI is InChI=1S/C6H7N3/c1-5-3-2-4-6(5)8-9-7/h2,4H,3H2,1H3. The number of hydrogen-bond donors (Lipinski definition) is 0. The van der Waals surface area contributed by atoms with Gasteiger partial charge in [-0.3, -0.25) is 0 Å². The van der Waals surface area contributed by atoms with Crippen molar-refractivity contribution in [1.82, 2.24) is 0 Å². The Balaban J connectivity index is 2.89. The molecule has 0 atom stereocenters. The summed E-state index contributed by atoms with van der Waals surface area (Å²) in [5, 5.41) is 3.48. The zero-order valence-corrected chi connectivity index (χ0v) is 5.20. The Kier molecular flexibility index (Phi) is 1.56. The highest BCUT2D eigenvalue weighted by molar-refractivity contribution is 5.31. The van der Waals surface area contributed by atoms with E-state index in [4.69, 9.17) is 5.53 Å². The molecule has 0 amide bonds. The van der Waals surface area contributed by atoms with E-state index >= 15 is 0 Å². The van der Waals surface area contributed by atoms with E-state index in [1.165, 1.54) is 0 Å². The molecule has 0 spiro atoms. The van der Waals surface area contributed by atoms with Gasteiger partial charge >= 0.3 is 0 Å². The van der Waals surface area contributed by atoms with E-state index in [0.717, 1.165) is 17.7 Å². The van der Waals surface area contributed by atoms with Crippen LogP contribution in [-0.2, 0) is 0 Å². The van der Waals surface area contributed by atoms with Gasteiger partial charge in [0, 0.05) is 10.6 Å². The first kappa shape index (κ1) is 5.92. The molecule has 0 aromatic rings. The molecule has 0 unspecified atom stereocenters. The molecule has 0 bridgehead atoms. The maximum atomic E-state index is 8.03. The minimum Gasteiger partial charge on any atom is -0.0800 e. The van der Waals surface area contributed by atoms with Crippen LogP contribution in [0.4, 0.5) is 0 Å². The Labute approximate surface area is 53.3 Å². The van der Waals surface area contributed by atoms with Crippen molar-refractivity contribution in [3.8, 4) is 0 Å². The summed E-state index contributed by atoms with van der Waals surface area (Å²) in [6.07, 6.45) is 4.75. The van der Waals surface area contributed by atoms with Crippen molar-refractivity contribution in [3.05, 3.63) is 33.9 Å². The van der Waals surface area contributed by atoms with E-state index in [0.29, 0.717) is 0 Å². The van der Waals surface area contributed by atoms with Gasteiger partial charge in [0.2, 0.25) is 0 Å². The van der Waals surface area contributed by atoms with Gasteiger partial charge in [-0.2, -0.15) is 0 Å². The van der Waals surface area contributed by atoms with E-state index in [1.54, 1.807) is 0 Å². The Morgan fingerprint density at radius 1 is 1.78 bits per heavy atom. The molecule has 0 radical (unpaired) electrons. The average molecular weight is 121 g/mol. The molecular weight excluding hydrogens is 114 g/mol. The molecule has 1 rings (SSSR count). The van der Waals surface area contributed by atoms with Crippen molar-refractivity contribution < 1.29 is 0 Å². The van der Waals surface area contributed by atoms with Crippen LogP contribution in [0.5, 0.6) is 0 Å². The third kappa shape index (κ3) is 1.12. The Morgan fingerprint density at radius 2 is 2.56 bits per heavy atom. The lowest BCUT2D eigenvalue weighted by molar-refractivity contribution is 1.19. The minimum atomic E-state index is 0.775. The highest BCUT2D eigenvalue weighted by atomic mass is 15.1. The summed E-state index contributed by atoms with van der Waals surface area (Å²) in [5.41, 5.74) is 9.96. The quantitative estimate of drug-likeness (QED) is 0.291. The molecule has 1 aliphatic rings. The van der Waals surface area contributed by atoms with Crippen LogP contribution in [0.25, 0.3) is 10.4 Å². The Bertz CT molecular complexity index is 218. The summed E-state index contributed by atoms with van der Waals surface area (Å²) in [4.78, 5) is 2.68. The summed E-state index contributed by atoms with van der Waals surface area (Å²) in [7, 11) is 0. The minimum absolute atomic E-state index is 0.775. The molecule has 9 heavy (non-hydrogen) atoms. The van der Waals surface area contributed by atoms with Gasteiger partial charge in [-0.25, -0.2) is 0 Å². The van der Waals surface area contributed by atoms with Crippen LogP contribution in [0.2, 0.25) is 0 Å². The van der Waals surface area contributed by atoms with Gasteiger partial charge < -0.3 is 0 Å². The zero-order chi connectivity index (χ0) is 6.69. The molecule has 0 heterocycles. The van der Waals surface area contributed by atoms with Crippen molar-refractivity contribution >= 4 is 0 Å². The maximum Gasteiger partial charge on any atom is 0.0364 e. The molecule has 0 fully saturated rings. The second-order valence-electron chi connectivity index (χ2n) is 1.96. The van der Waals surface area contributed by atoms with Crippen LogP contribution in [0.1, 0.15) is 13.3 Å². The van der Waals surface area contributed by atoms with Gasteiger partial charge in [-0.1, -0.05) is 22.8 Å². The third-order valence-electron chi connectivity index (χ3n) is 1.29. The van der Waals surface area contributed by atoms with E-state index in [9.17, 15) is 0 Å². The monoisotopic (exact) mass is 121 g/mol. The smallest absolute Gasteiger partial charge is 0.0364 e. The molecule has 0 N–H and O–H groups in total. The Morgan fingerprint density at radius 3 is 3.00 bits per heavy atom. The lowest BCUT2D eigenvalue weighted by Gasteiger charge is -1.88. The molecular formula is C6H7N3. The fourth-order valence-electron chi connectivity index (χ4n) is 0.761. The highest BCUT2D eigenvalue weighted by Crippen LogP contribution is 2.18. The normalized spacial score (nSPS) is 16.1. The lowest BCUT2D eigenvalue weighted by Crippen LogP contribution is -1.69. The number of azide groups is 1. The molecule has 46 valence electrons. The van der Waals surface area contributed by atoms with Crippen LogP contribution in [0.3, 0.4) is 0 Å². The van der Waals surface area contributed by atoms with Crippen molar-refractivity contribution in [3.63, 3.8) is 0 Å². The first-order valence-corrected chi connectivity index (χ1v) is 2.76. The van der Waals surface area contributed by atoms with E-state index in [2.05, 4.69) is 10.0 Å². The summed E-state index contributed by atoms with van der Waals surface area (Å²) in [6.45, 7) is 1.96. The fourth-order valence-corrected chi connectivity index (χ4v) is 0.761. The lowest BCUT2D eigenvalue weighted by atomic mass is 10.2. The summed E-state index contributed by atoms with van der Waals surface area (Å²) >= 11 is 0. The molecule has 0 saturated heterocycles. The van der Waals surface area contributed by atoms with Crippen molar-refractivity contribution in [2.75, 3.05) is 0 Å². The molecule has 0 aliphatic heterocycles. The van der Waals surface area contributed by atoms with Crippen LogP contribution in [0, 0.1) is 0 Å². The first-order chi connectivity index (χ1) is 4.34. The second-order valence-corrected chi connectivity index (χ2v) is 1.96. The van der Waals surface area contributed by atoms with Gasteiger partial charge in [-0.15, -0.1) is 0 Å². The van der Waals surface area contributed by atoms with Gasteiger partial charge in [0.15, 0.2) is 0 Å². The summed E-state index contributed by atoms with van der Waals surface area (Å²) in [5.74, 6) is 0.